The molecule has 0 saturated heterocycles. The SMILES string of the molecule is COc1cc(/C(F)=C/c2cccc(-c3cccc(NC(=O)c4nc5c(n4C)CCN(CCC46CCC(C(=O)O)(CC4)C6)C5)c3Cl)c2Cl)ncc1CN[C@H](CO)C(=O)O. The van der Waals surface area contributed by atoms with Gasteiger partial charge in [0.2, 0.25) is 0 Å². The van der Waals surface area contributed by atoms with Gasteiger partial charge in [-0.3, -0.25) is 29.6 Å². The maximum atomic E-state index is 15.7. The van der Waals surface area contributed by atoms with E-state index in [0.29, 0.717) is 34.5 Å². The fourth-order valence-electron chi connectivity index (χ4n) is 8.81. The second-order valence-corrected chi connectivity index (χ2v) is 16.3. The number of imidazole rings is 1. The molecule has 3 heterocycles. The van der Waals surface area contributed by atoms with Crippen molar-refractivity contribution in [3.8, 4) is 16.9 Å². The largest absolute Gasteiger partial charge is 0.496 e. The van der Waals surface area contributed by atoms with E-state index in [1.165, 1.54) is 25.4 Å². The molecule has 2 fully saturated rings. The number of nitrogens with zero attached hydrogens (tertiary/aromatic N) is 4. The number of carboxylic acid groups (broad SMARTS) is 2. The summed E-state index contributed by atoms with van der Waals surface area (Å²) in [7, 11) is 3.23. The summed E-state index contributed by atoms with van der Waals surface area (Å²) >= 11 is 13.8. The quantitative estimate of drug-likeness (QED) is 0.0847. The van der Waals surface area contributed by atoms with Gasteiger partial charge in [0, 0.05) is 67.8 Å². The van der Waals surface area contributed by atoms with Crippen LogP contribution < -0.4 is 15.4 Å². The van der Waals surface area contributed by atoms with Crippen molar-refractivity contribution < 1.29 is 38.8 Å². The van der Waals surface area contributed by atoms with Crippen LogP contribution in [0.25, 0.3) is 23.0 Å². The lowest BCUT2D eigenvalue weighted by atomic mass is 9.80. The van der Waals surface area contributed by atoms with E-state index in [9.17, 15) is 29.7 Å². The number of hydrogen-bond donors (Lipinski definition) is 5. The van der Waals surface area contributed by atoms with Gasteiger partial charge < -0.3 is 29.9 Å². The molecule has 0 spiro atoms. The molecule has 58 heavy (non-hydrogen) atoms. The summed E-state index contributed by atoms with van der Waals surface area (Å²) in [6.07, 6.45) is 8.56. The molecule has 7 rings (SSSR count). The Morgan fingerprint density at radius 1 is 1.07 bits per heavy atom. The van der Waals surface area contributed by atoms with Crippen LogP contribution >= 0.6 is 23.2 Å². The molecular formula is C42H45Cl2FN6O7. The predicted octanol–water partition coefficient (Wildman–Crippen LogP) is 6.84. The number of halogens is 3. The maximum Gasteiger partial charge on any atom is 0.323 e. The van der Waals surface area contributed by atoms with Gasteiger partial charge in [-0.15, -0.1) is 0 Å². The Hall–Kier alpha value is -4.86. The van der Waals surface area contributed by atoms with E-state index in [0.717, 1.165) is 69.4 Å². The molecule has 1 aliphatic heterocycles. The molecule has 0 unspecified atom stereocenters. The Morgan fingerprint density at radius 2 is 1.79 bits per heavy atom. The van der Waals surface area contributed by atoms with Crippen molar-refractivity contribution in [2.45, 2.75) is 64.1 Å². The van der Waals surface area contributed by atoms with Gasteiger partial charge >= 0.3 is 11.9 Å². The average molecular weight is 836 g/mol. The summed E-state index contributed by atoms with van der Waals surface area (Å²) < 4.78 is 22.9. The van der Waals surface area contributed by atoms with Gasteiger partial charge in [-0.2, -0.15) is 0 Å². The Balaban J connectivity index is 1.03. The second kappa shape index (κ2) is 16.8. The minimum atomic E-state index is -1.22. The number of benzene rings is 2. The van der Waals surface area contributed by atoms with Crippen LogP contribution in [0.1, 0.15) is 77.4 Å². The van der Waals surface area contributed by atoms with Gasteiger partial charge in [0.25, 0.3) is 5.91 Å². The summed E-state index contributed by atoms with van der Waals surface area (Å²) in [5.41, 5.74) is 3.56. The van der Waals surface area contributed by atoms with Crippen LogP contribution in [-0.2, 0) is 36.1 Å². The molecule has 5 N–H and O–H groups in total. The second-order valence-electron chi connectivity index (χ2n) is 15.6. The standard InChI is InChI=1S/C42H45Cl2FN6O7/c1-50-33-9-15-51(16-14-41-10-12-42(23-41,13-11-41)40(56)57)21-31(33)48-37(50)38(53)49-29-8-4-7-27(36(29)44)26-6-3-5-24(35(26)43)17-28(45)30-18-34(58-2)25(19-46-30)20-47-32(22-52)39(54)55/h3-8,17-19,32,47,52H,9-16,20-23H2,1-2H3,(H,49,53)(H,54,55)(H,56,57)/b28-17-/t32-,41?,42?/m1/s1. The van der Waals surface area contributed by atoms with Crippen molar-refractivity contribution >= 4 is 58.6 Å². The van der Waals surface area contributed by atoms with Crippen molar-refractivity contribution in [2.24, 2.45) is 17.9 Å². The van der Waals surface area contributed by atoms with Crippen molar-refractivity contribution in [2.75, 3.05) is 32.1 Å². The number of nitrogens with one attached hydrogen (secondary N) is 2. The number of anilines is 1. The minimum absolute atomic E-state index is 0.0107. The molecule has 3 aliphatic rings. The highest BCUT2D eigenvalue weighted by molar-refractivity contribution is 6.39. The summed E-state index contributed by atoms with van der Waals surface area (Å²) in [5, 5.41) is 34.3. The molecule has 2 aromatic carbocycles. The number of carboxylic acids is 2. The van der Waals surface area contributed by atoms with Gasteiger partial charge in [0.05, 0.1) is 40.6 Å². The van der Waals surface area contributed by atoms with Gasteiger partial charge in [-0.05, 0) is 68.2 Å². The molecule has 4 aromatic rings. The number of aliphatic hydroxyl groups excluding tert-OH is 1. The number of ether oxygens (including phenoxy) is 1. The Bertz CT molecular complexity index is 2290. The fourth-order valence-corrected chi connectivity index (χ4v) is 9.36. The molecule has 1 atom stereocenters. The highest BCUT2D eigenvalue weighted by Crippen LogP contribution is 2.63. The molecule has 13 nitrogen and oxygen atoms in total. The van der Waals surface area contributed by atoms with Crippen molar-refractivity contribution in [3.63, 3.8) is 0 Å². The zero-order chi connectivity index (χ0) is 41.4. The lowest BCUT2D eigenvalue weighted by Crippen LogP contribution is -2.39. The number of aliphatic hydroxyl groups is 1. The third-order valence-corrected chi connectivity index (χ3v) is 13.0. The molecule has 0 radical (unpaired) electrons. The molecule has 306 valence electrons. The molecule has 16 heteroatoms. The van der Waals surface area contributed by atoms with Crippen LogP contribution in [0.15, 0.2) is 48.7 Å². The predicted molar refractivity (Wildman–Crippen MR) is 217 cm³/mol. The van der Waals surface area contributed by atoms with Gasteiger partial charge in [-0.1, -0.05) is 53.5 Å². The van der Waals surface area contributed by atoms with Crippen LogP contribution in [0.4, 0.5) is 10.1 Å². The van der Waals surface area contributed by atoms with Crippen molar-refractivity contribution in [3.05, 3.63) is 92.7 Å². The topological polar surface area (TPSA) is 179 Å². The first-order valence-corrected chi connectivity index (χ1v) is 19.9. The molecule has 2 aliphatic carbocycles. The number of rotatable bonds is 15. The zero-order valence-corrected chi connectivity index (χ0v) is 33.7. The molecule has 2 aromatic heterocycles. The third-order valence-electron chi connectivity index (χ3n) is 12.2. The van der Waals surface area contributed by atoms with Gasteiger partial charge in [0.15, 0.2) is 5.82 Å². The molecule has 2 bridgehead atoms. The van der Waals surface area contributed by atoms with Crippen molar-refractivity contribution in [1.29, 1.82) is 0 Å². The third kappa shape index (κ3) is 8.08. The first kappa shape index (κ1) is 41.3. The van der Waals surface area contributed by atoms with E-state index in [1.54, 1.807) is 36.4 Å². The van der Waals surface area contributed by atoms with E-state index < -0.39 is 41.7 Å². The number of aliphatic carboxylic acids is 2. The van der Waals surface area contributed by atoms with E-state index >= 15 is 4.39 Å². The minimum Gasteiger partial charge on any atom is -0.496 e. The smallest absolute Gasteiger partial charge is 0.323 e. The van der Waals surface area contributed by atoms with Crippen LogP contribution in [0.2, 0.25) is 10.0 Å². The number of aromatic nitrogens is 3. The monoisotopic (exact) mass is 834 g/mol. The normalized spacial score (nSPS) is 20.8. The van der Waals surface area contributed by atoms with Crippen LogP contribution in [-0.4, -0.2) is 85.4 Å². The number of methoxy groups -OCH3 is 1. The molecule has 1 amide bonds. The number of carbonyl (C=O) groups excluding carboxylic acids is 1. The number of fused-ring (bicyclic) bond motifs is 3. The molecular weight excluding hydrogens is 790 g/mol. The lowest BCUT2D eigenvalue weighted by Gasteiger charge is -2.32. The maximum absolute atomic E-state index is 15.7. The van der Waals surface area contributed by atoms with Crippen LogP contribution in [0.3, 0.4) is 0 Å². The number of hydrogen-bond acceptors (Lipinski definition) is 9. The Morgan fingerprint density at radius 3 is 2.47 bits per heavy atom. The average Bonchev–Trinajstić information content (AvgIpc) is 3.90. The van der Waals surface area contributed by atoms with Crippen LogP contribution in [0.5, 0.6) is 5.75 Å². The summed E-state index contributed by atoms with van der Waals surface area (Å²) in [6, 6.07) is 10.4. The zero-order valence-electron chi connectivity index (χ0n) is 32.2. The van der Waals surface area contributed by atoms with Gasteiger partial charge in [0.1, 0.15) is 23.3 Å². The number of amides is 1. The summed E-state index contributed by atoms with van der Waals surface area (Å²) in [4.78, 5) is 48.2. The fraction of sp³-hybridized carbons (Fsp3) is 0.405. The Kier molecular flexibility index (Phi) is 12.0. The highest BCUT2D eigenvalue weighted by atomic mass is 35.5. The first-order valence-electron chi connectivity index (χ1n) is 19.1. The Labute approximate surface area is 344 Å². The van der Waals surface area contributed by atoms with Crippen LogP contribution in [0, 0.1) is 10.8 Å². The van der Waals surface area contributed by atoms with E-state index in [1.807, 2.05) is 11.6 Å². The first-order chi connectivity index (χ1) is 27.8. The van der Waals surface area contributed by atoms with E-state index in [-0.39, 0.29) is 39.3 Å². The van der Waals surface area contributed by atoms with Crippen molar-refractivity contribution in [1.82, 2.24) is 24.8 Å². The lowest BCUT2D eigenvalue weighted by molar-refractivity contribution is -0.148. The summed E-state index contributed by atoms with van der Waals surface area (Å²) in [6.45, 7) is 1.71. The van der Waals surface area contributed by atoms with E-state index in [2.05, 4.69) is 20.5 Å². The highest BCUT2D eigenvalue weighted by Gasteiger charge is 2.57. The number of pyridine rings is 1. The van der Waals surface area contributed by atoms with Gasteiger partial charge in [-0.25, -0.2) is 9.37 Å². The summed E-state index contributed by atoms with van der Waals surface area (Å²) in [5.74, 6) is -2.47. The number of carbonyl (C=O) groups is 3. The van der Waals surface area contributed by atoms with E-state index in [4.69, 9.17) is 32.9 Å². The molecule has 2 saturated carbocycles.